The highest BCUT2D eigenvalue weighted by atomic mass is 32.1. The number of aliphatic hydroxyl groups is 1. The molecule has 1 aromatic heterocycles. The number of rotatable bonds is 5. The van der Waals surface area contributed by atoms with E-state index in [4.69, 9.17) is 0 Å². The molecule has 3 nitrogen and oxygen atoms in total. The largest absolute Gasteiger partial charge is 0.384 e. The molecular weight excluding hydrogens is 256 g/mol. The second-order valence-corrected chi connectivity index (χ2v) is 6.11. The summed E-state index contributed by atoms with van der Waals surface area (Å²) in [6.07, 6.45) is 0. The van der Waals surface area contributed by atoms with Crippen LogP contribution in [-0.4, -0.2) is 28.6 Å². The molecule has 0 bridgehead atoms. The lowest BCUT2D eigenvalue weighted by molar-refractivity contribution is 0.0216. The van der Waals surface area contributed by atoms with E-state index in [0.29, 0.717) is 6.54 Å². The Kier molecular flexibility index (Phi) is 4.34. The smallest absolute Gasteiger partial charge is 0.0994 e. The van der Waals surface area contributed by atoms with E-state index in [9.17, 15) is 5.11 Å². The number of aromatic nitrogens is 1. The molecule has 0 fully saturated rings. The van der Waals surface area contributed by atoms with Gasteiger partial charge in [-0.1, -0.05) is 30.3 Å². The second kappa shape index (κ2) is 5.82. The van der Waals surface area contributed by atoms with Gasteiger partial charge in [-0.25, -0.2) is 4.98 Å². The van der Waals surface area contributed by atoms with E-state index in [0.717, 1.165) is 17.8 Å². The summed E-state index contributed by atoms with van der Waals surface area (Å²) in [6, 6.07) is 9.80. The van der Waals surface area contributed by atoms with Gasteiger partial charge in [0.2, 0.25) is 0 Å². The minimum Gasteiger partial charge on any atom is -0.384 e. The third-order valence-electron chi connectivity index (χ3n) is 3.23. The summed E-state index contributed by atoms with van der Waals surface area (Å²) < 4.78 is 0. The molecule has 0 saturated carbocycles. The fourth-order valence-corrected chi connectivity index (χ4v) is 3.05. The summed E-state index contributed by atoms with van der Waals surface area (Å²) in [5.41, 5.74) is 3.06. The van der Waals surface area contributed by atoms with Crippen molar-refractivity contribution in [1.82, 2.24) is 9.88 Å². The van der Waals surface area contributed by atoms with E-state index < -0.39 is 5.60 Å². The topological polar surface area (TPSA) is 36.4 Å². The van der Waals surface area contributed by atoms with Crippen molar-refractivity contribution in [3.8, 4) is 0 Å². The van der Waals surface area contributed by atoms with Crippen LogP contribution >= 0.6 is 11.3 Å². The predicted molar refractivity (Wildman–Crippen MR) is 79.2 cm³/mol. The Balaban J connectivity index is 2.02. The average Bonchev–Trinajstić information content (AvgIpc) is 2.75. The van der Waals surface area contributed by atoms with E-state index in [-0.39, 0.29) is 0 Å². The molecule has 0 aliphatic heterocycles. The molecule has 1 N–H and O–H groups in total. The van der Waals surface area contributed by atoms with Crippen LogP contribution in [0, 0.1) is 6.92 Å². The van der Waals surface area contributed by atoms with Gasteiger partial charge in [-0.05, 0) is 26.5 Å². The second-order valence-electron chi connectivity index (χ2n) is 5.17. The summed E-state index contributed by atoms with van der Waals surface area (Å²) >= 11 is 1.67. The van der Waals surface area contributed by atoms with Crippen LogP contribution in [-0.2, 0) is 12.1 Å². The molecule has 19 heavy (non-hydrogen) atoms. The lowest BCUT2D eigenvalue weighted by atomic mass is 9.95. The van der Waals surface area contributed by atoms with Crippen LogP contribution < -0.4 is 0 Å². The highest BCUT2D eigenvalue weighted by Crippen LogP contribution is 2.22. The van der Waals surface area contributed by atoms with Crippen molar-refractivity contribution >= 4 is 11.3 Å². The van der Waals surface area contributed by atoms with Gasteiger partial charge < -0.3 is 5.11 Å². The number of hydrogen-bond donors (Lipinski definition) is 1. The number of benzene rings is 1. The van der Waals surface area contributed by atoms with E-state index in [1.807, 2.05) is 56.7 Å². The average molecular weight is 276 g/mol. The molecule has 102 valence electrons. The number of hydrogen-bond acceptors (Lipinski definition) is 4. The van der Waals surface area contributed by atoms with Crippen LogP contribution in [0.25, 0.3) is 0 Å². The first kappa shape index (κ1) is 14.2. The van der Waals surface area contributed by atoms with Gasteiger partial charge in [0, 0.05) is 18.0 Å². The molecule has 1 unspecified atom stereocenters. The third kappa shape index (κ3) is 3.62. The van der Waals surface area contributed by atoms with Gasteiger partial charge in [-0.15, -0.1) is 11.3 Å². The summed E-state index contributed by atoms with van der Waals surface area (Å²) in [7, 11) is 2.02. The maximum Gasteiger partial charge on any atom is 0.0994 e. The highest BCUT2D eigenvalue weighted by Gasteiger charge is 2.24. The molecule has 4 heteroatoms. The molecule has 0 amide bonds. The lowest BCUT2D eigenvalue weighted by Gasteiger charge is -2.29. The molecule has 2 rings (SSSR count). The molecule has 1 aromatic carbocycles. The quantitative estimate of drug-likeness (QED) is 0.912. The summed E-state index contributed by atoms with van der Waals surface area (Å²) in [5, 5.41) is 10.6. The predicted octanol–water partition coefficient (Wildman–Crippen LogP) is 2.79. The minimum absolute atomic E-state index is 0.592. The van der Waals surface area contributed by atoms with Crippen molar-refractivity contribution in [3.05, 3.63) is 52.0 Å². The van der Waals surface area contributed by atoms with Crippen LogP contribution in [0.15, 0.2) is 35.8 Å². The van der Waals surface area contributed by atoms with Crippen LogP contribution in [0.3, 0.4) is 0 Å². The first-order chi connectivity index (χ1) is 8.99. The molecule has 0 aliphatic carbocycles. The fourth-order valence-electron chi connectivity index (χ4n) is 2.19. The molecular formula is C15H20N2OS. The number of aryl methyl sites for hydroxylation is 1. The number of nitrogens with zero attached hydrogens (tertiary/aromatic N) is 2. The van der Waals surface area contributed by atoms with Gasteiger partial charge >= 0.3 is 0 Å². The van der Waals surface area contributed by atoms with Crippen molar-refractivity contribution in [1.29, 1.82) is 0 Å². The summed E-state index contributed by atoms with van der Waals surface area (Å²) in [4.78, 5) is 7.64. The first-order valence-electron chi connectivity index (χ1n) is 6.34. The van der Waals surface area contributed by atoms with Crippen molar-refractivity contribution in [3.63, 3.8) is 0 Å². The molecule has 0 aliphatic rings. The van der Waals surface area contributed by atoms with E-state index in [1.54, 1.807) is 11.3 Å². The Morgan fingerprint density at radius 3 is 2.58 bits per heavy atom. The molecule has 1 atom stereocenters. The Bertz CT molecular complexity index is 522. The molecule has 0 spiro atoms. The molecule has 1 heterocycles. The van der Waals surface area contributed by atoms with Crippen LogP contribution in [0.2, 0.25) is 0 Å². The highest BCUT2D eigenvalue weighted by molar-refractivity contribution is 7.09. The zero-order chi connectivity index (χ0) is 13.9. The van der Waals surface area contributed by atoms with E-state index >= 15 is 0 Å². The normalized spacial score (nSPS) is 14.6. The van der Waals surface area contributed by atoms with Gasteiger partial charge in [0.1, 0.15) is 0 Å². The van der Waals surface area contributed by atoms with Crippen LogP contribution in [0.5, 0.6) is 0 Å². The van der Waals surface area contributed by atoms with Crippen molar-refractivity contribution in [2.24, 2.45) is 0 Å². The SMILES string of the molecule is Cc1ncsc1CN(C)CC(C)(O)c1ccccc1. The summed E-state index contributed by atoms with van der Waals surface area (Å²) in [5.74, 6) is 0. The monoisotopic (exact) mass is 276 g/mol. The minimum atomic E-state index is -0.839. The Hall–Kier alpha value is -1.23. The number of thiazole rings is 1. The van der Waals surface area contributed by atoms with Crippen molar-refractivity contribution < 1.29 is 5.11 Å². The molecule has 0 radical (unpaired) electrons. The van der Waals surface area contributed by atoms with Crippen molar-refractivity contribution in [2.45, 2.75) is 26.0 Å². The fraction of sp³-hybridized carbons (Fsp3) is 0.400. The molecule has 2 aromatic rings. The van der Waals surface area contributed by atoms with Gasteiger partial charge in [-0.3, -0.25) is 4.90 Å². The third-order valence-corrected chi connectivity index (χ3v) is 4.15. The Morgan fingerprint density at radius 1 is 1.32 bits per heavy atom. The van der Waals surface area contributed by atoms with Gasteiger partial charge in [0.05, 0.1) is 16.8 Å². The Labute approximate surface area is 118 Å². The number of likely N-dealkylation sites (N-methyl/N-ethyl adjacent to an activating group) is 1. The first-order valence-corrected chi connectivity index (χ1v) is 7.22. The summed E-state index contributed by atoms with van der Waals surface area (Å²) in [6.45, 7) is 5.29. The standard InChI is InChI=1S/C15H20N2OS/c1-12-14(19-11-16-12)9-17(3)10-15(2,18)13-7-5-4-6-8-13/h4-8,11,18H,9-10H2,1-3H3. The van der Waals surface area contributed by atoms with E-state index in [1.165, 1.54) is 4.88 Å². The van der Waals surface area contributed by atoms with Gasteiger partial charge in [0.25, 0.3) is 0 Å². The zero-order valence-electron chi connectivity index (χ0n) is 11.6. The zero-order valence-corrected chi connectivity index (χ0v) is 12.4. The molecule has 0 saturated heterocycles. The van der Waals surface area contributed by atoms with Gasteiger partial charge in [0.15, 0.2) is 0 Å². The lowest BCUT2D eigenvalue weighted by Crippen LogP contribution is -2.36. The van der Waals surface area contributed by atoms with Crippen LogP contribution in [0.4, 0.5) is 0 Å². The van der Waals surface area contributed by atoms with Crippen LogP contribution in [0.1, 0.15) is 23.1 Å². The maximum absolute atomic E-state index is 10.6. The Morgan fingerprint density at radius 2 is 2.00 bits per heavy atom. The van der Waals surface area contributed by atoms with E-state index in [2.05, 4.69) is 9.88 Å². The van der Waals surface area contributed by atoms with Crippen molar-refractivity contribution in [2.75, 3.05) is 13.6 Å². The van der Waals surface area contributed by atoms with Gasteiger partial charge in [-0.2, -0.15) is 0 Å². The maximum atomic E-state index is 10.6.